The number of rotatable bonds is 4. The molecule has 1 amide bonds. The Labute approximate surface area is 187 Å². The first kappa shape index (κ1) is 20.0. The van der Waals surface area contributed by atoms with Gasteiger partial charge in [-0.15, -0.1) is 0 Å². The zero-order chi connectivity index (χ0) is 22.1. The number of fused-ring (bicyclic) bond motifs is 1. The molecule has 0 spiro atoms. The van der Waals surface area contributed by atoms with Gasteiger partial charge in [-0.05, 0) is 36.8 Å². The van der Waals surface area contributed by atoms with E-state index in [-0.39, 0.29) is 11.5 Å². The molecule has 2 aromatic carbocycles. The summed E-state index contributed by atoms with van der Waals surface area (Å²) in [7, 11) is 0. The Bertz CT molecular complexity index is 1480. The lowest BCUT2D eigenvalue weighted by Crippen LogP contribution is -2.40. The number of hydrogen-bond acceptors (Lipinski definition) is 5. The van der Waals surface area contributed by atoms with E-state index in [1.54, 1.807) is 36.0 Å². The van der Waals surface area contributed by atoms with Crippen molar-refractivity contribution < 1.29 is 9.21 Å². The summed E-state index contributed by atoms with van der Waals surface area (Å²) < 4.78 is 7.48. The van der Waals surface area contributed by atoms with Crippen molar-refractivity contribution in [2.24, 2.45) is 4.99 Å². The topological polar surface area (TPSA) is 76.6 Å². The van der Waals surface area contributed by atoms with Gasteiger partial charge in [-0.1, -0.05) is 59.9 Å². The zero-order valence-electron chi connectivity index (χ0n) is 17.2. The first-order chi connectivity index (χ1) is 15.6. The molecule has 1 aliphatic heterocycles. The van der Waals surface area contributed by atoms with Crippen molar-refractivity contribution in [3.8, 4) is 0 Å². The van der Waals surface area contributed by atoms with Crippen molar-refractivity contribution in [1.29, 1.82) is 0 Å². The van der Waals surface area contributed by atoms with E-state index in [9.17, 15) is 9.59 Å². The van der Waals surface area contributed by atoms with Crippen LogP contribution < -0.4 is 20.2 Å². The van der Waals surface area contributed by atoms with Gasteiger partial charge in [0.15, 0.2) is 4.80 Å². The fourth-order valence-corrected chi connectivity index (χ4v) is 4.81. The molecule has 7 heteroatoms. The Morgan fingerprint density at radius 3 is 2.47 bits per heavy atom. The molecule has 4 aromatic rings. The van der Waals surface area contributed by atoms with Gasteiger partial charge in [-0.3, -0.25) is 14.2 Å². The van der Waals surface area contributed by atoms with E-state index in [0.29, 0.717) is 32.1 Å². The molecule has 1 N–H and O–H groups in total. The van der Waals surface area contributed by atoms with Crippen LogP contribution >= 0.6 is 11.3 Å². The van der Waals surface area contributed by atoms with Gasteiger partial charge in [-0.2, -0.15) is 0 Å². The van der Waals surface area contributed by atoms with Crippen LogP contribution in [0.3, 0.4) is 0 Å². The maximum atomic E-state index is 13.4. The van der Waals surface area contributed by atoms with Crippen molar-refractivity contribution in [2.45, 2.75) is 13.0 Å². The highest BCUT2D eigenvalue weighted by atomic mass is 32.1. The molecule has 0 saturated carbocycles. The van der Waals surface area contributed by atoms with Crippen LogP contribution in [-0.4, -0.2) is 10.5 Å². The van der Waals surface area contributed by atoms with E-state index < -0.39 is 6.04 Å². The first-order valence-electron chi connectivity index (χ1n) is 10.1. The molecule has 0 bridgehead atoms. The lowest BCUT2D eigenvalue weighted by atomic mass is 9.95. The Balaban J connectivity index is 1.68. The largest absolute Gasteiger partial charge is 0.465 e. The number of carbonyl (C=O) groups excluding carboxylic acids is 1. The highest BCUT2D eigenvalue weighted by Crippen LogP contribution is 2.30. The predicted octanol–water partition coefficient (Wildman–Crippen LogP) is 3.47. The molecular weight excluding hydrogens is 422 g/mol. The number of benzene rings is 2. The van der Waals surface area contributed by atoms with Crippen molar-refractivity contribution in [2.75, 3.05) is 5.32 Å². The highest BCUT2D eigenvalue weighted by molar-refractivity contribution is 7.07. The van der Waals surface area contributed by atoms with Gasteiger partial charge in [0.1, 0.15) is 5.76 Å². The van der Waals surface area contributed by atoms with Gasteiger partial charge in [-0.25, -0.2) is 4.99 Å². The van der Waals surface area contributed by atoms with Crippen LogP contribution in [0.15, 0.2) is 105 Å². The third-order valence-corrected chi connectivity index (χ3v) is 6.21. The average Bonchev–Trinajstić information content (AvgIpc) is 3.42. The van der Waals surface area contributed by atoms with Gasteiger partial charge in [0.25, 0.3) is 11.5 Å². The summed E-state index contributed by atoms with van der Waals surface area (Å²) >= 11 is 1.28. The van der Waals surface area contributed by atoms with Crippen LogP contribution in [0.4, 0.5) is 5.69 Å². The summed E-state index contributed by atoms with van der Waals surface area (Å²) in [6.07, 6.45) is 3.26. The first-order valence-corrected chi connectivity index (χ1v) is 10.9. The molecule has 5 rings (SSSR count). The van der Waals surface area contributed by atoms with E-state index in [2.05, 4.69) is 10.3 Å². The summed E-state index contributed by atoms with van der Waals surface area (Å²) in [5, 5.41) is 2.94. The standard InChI is InChI=1S/C25H19N3O3S/c1-16-21(23(29)27-18-11-6-3-7-12-18)22(17-9-4-2-5-10-17)28-24(30)20(32-25(28)26-16)15-19-13-8-14-31-19/h2-15,22H,1H3,(H,27,29)/b20-15+/t22-/m1/s1. The molecule has 1 aliphatic rings. The molecule has 3 heterocycles. The second-order valence-electron chi connectivity index (χ2n) is 7.33. The number of allylic oxidation sites excluding steroid dienone is 1. The molecule has 158 valence electrons. The smallest absolute Gasteiger partial charge is 0.271 e. The molecule has 6 nitrogen and oxygen atoms in total. The molecule has 1 atom stereocenters. The SMILES string of the molecule is CC1=C(C(=O)Nc2ccccc2)[C@@H](c2ccccc2)n2c(s/c(=C/c3ccco3)c2=O)=N1. The molecule has 0 aliphatic carbocycles. The minimum absolute atomic E-state index is 0.212. The van der Waals surface area contributed by atoms with Crippen LogP contribution in [0.25, 0.3) is 6.08 Å². The molecular formula is C25H19N3O3S. The normalized spacial score (nSPS) is 15.9. The van der Waals surface area contributed by atoms with Gasteiger partial charge in [0.2, 0.25) is 0 Å². The van der Waals surface area contributed by atoms with Crippen LogP contribution in [0.2, 0.25) is 0 Å². The summed E-state index contributed by atoms with van der Waals surface area (Å²) in [6.45, 7) is 1.81. The quantitative estimate of drug-likeness (QED) is 0.527. The van der Waals surface area contributed by atoms with Crippen LogP contribution in [0, 0.1) is 0 Å². The molecule has 32 heavy (non-hydrogen) atoms. The van der Waals surface area contributed by atoms with E-state index >= 15 is 0 Å². The molecule has 0 fully saturated rings. The fourth-order valence-electron chi connectivity index (χ4n) is 3.79. The van der Waals surface area contributed by atoms with E-state index in [0.717, 1.165) is 5.56 Å². The third kappa shape index (κ3) is 3.63. The van der Waals surface area contributed by atoms with Crippen LogP contribution in [-0.2, 0) is 4.79 Å². The molecule has 0 radical (unpaired) electrons. The van der Waals surface area contributed by atoms with Crippen molar-refractivity contribution in [1.82, 2.24) is 4.57 Å². The number of para-hydroxylation sites is 1. The average molecular weight is 442 g/mol. The van der Waals surface area contributed by atoms with Crippen LogP contribution in [0.1, 0.15) is 24.3 Å². The minimum atomic E-state index is -0.588. The molecule has 2 aromatic heterocycles. The summed E-state index contributed by atoms with van der Waals surface area (Å²) in [4.78, 5) is 32.0. The van der Waals surface area contributed by atoms with Gasteiger partial charge >= 0.3 is 0 Å². The lowest BCUT2D eigenvalue weighted by molar-refractivity contribution is -0.113. The van der Waals surface area contributed by atoms with E-state index in [1.807, 2.05) is 60.7 Å². The third-order valence-electron chi connectivity index (χ3n) is 5.23. The fraction of sp³-hybridized carbons (Fsp3) is 0.0800. The summed E-state index contributed by atoms with van der Waals surface area (Å²) in [6, 6.07) is 21.8. The second kappa shape index (κ2) is 8.28. The number of amides is 1. The van der Waals surface area contributed by atoms with Crippen molar-refractivity contribution >= 4 is 29.0 Å². The molecule has 0 unspecified atom stereocenters. The monoisotopic (exact) mass is 441 g/mol. The van der Waals surface area contributed by atoms with Crippen molar-refractivity contribution in [3.05, 3.63) is 121 Å². The second-order valence-corrected chi connectivity index (χ2v) is 8.34. The number of nitrogens with one attached hydrogen (secondary N) is 1. The Morgan fingerprint density at radius 2 is 1.78 bits per heavy atom. The van der Waals surface area contributed by atoms with E-state index in [4.69, 9.17) is 4.42 Å². The highest BCUT2D eigenvalue weighted by Gasteiger charge is 2.32. The number of hydrogen-bond donors (Lipinski definition) is 1. The molecule has 0 saturated heterocycles. The summed E-state index contributed by atoms with van der Waals surface area (Å²) in [5.41, 5.74) is 2.33. The number of carbonyl (C=O) groups is 1. The number of anilines is 1. The Hall–Kier alpha value is -3.97. The number of aromatic nitrogens is 1. The number of thiazole rings is 1. The number of furan rings is 1. The lowest BCUT2D eigenvalue weighted by Gasteiger charge is -2.25. The minimum Gasteiger partial charge on any atom is -0.465 e. The van der Waals surface area contributed by atoms with E-state index in [1.165, 1.54) is 11.3 Å². The summed E-state index contributed by atoms with van der Waals surface area (Å²) in [5.74, 6) is 0.302. The Morgan fingerprint density at radius 1 is 1.06 bits per heavy atom. The maximum Gasteiger partial charge on any atom is 0.271 e. The van der Waals surface area contributed by atoms with Crippen LogP contribution in [0.5, 0.6) is 0 Å². The predicted molar refractivity (Wildman–Crippen MR) is 124 cm³/mol. The van der Waals surface area contributed by atoms with Crippen molar-refractivity contribution in [3.63, 3.8) is 0 Å². The van der Waals surface area contributed by atoms with Gasteiger partial charge < -0.3 is 9.73 Å². The maximum absolute atomic E-state index is 13.4. The van der Waals surface area contributed by atoms with Gasteiger partial charge in [0.05, 0.1) is 28.1 Å². The van der Waals surface area contributed by atoms with Gasteiger partial charge in [0, 0.05) is 11.8 Å². The Kier molecular flexibility index (Phi) is 5.17. The zero-order valence-corrected chi connectivity index (χ0v) is 18.0. The number of nitrogens with zero attached hydrogens (tertiary/aromatic N) is 2.